The van der Waals surface area contributed by atoms with Gasteiger partial charge < -0.3 is 20.6 Å². The van der Waals surface area contributed by atoms with E-state index < -0.39 is 23.8 Å². The Morgan fingerprint density at radius 1 is 1.10 bits per heavy atom. The molecular weight excluding hydrogens is 266 g/mol. The molecule has 0 aliphatic rings. The maximum absolute atomic E-state index is 11.7. The first kappa shape index (κ1) is 15.5. The van der Waals surface area contributed by atoms with Crippen molar-refractivity contribution in [3.05, 3.63) is 24.3 Å². The highest BCUT2D eigenvalue weighted by Gasteiger charge is 2.22. The fraction of sp³-hybridized carbons (Fsp3) is 0.308. The van der Waals surface area contributed by atoms with Gasteiger partial charge in [-0.25, -0.2) is 0 Å². The molecular formula is C13H15NO6. The number of carboxylic acid groups (broad SMARTS) is 2. The summed E-state index contributed by atoms with van der Waals surface area (Å²) in [5, 5.41) is 29.0. The lowest BCUT2D eigenvalue weighted by atomic mass is 9.99. The fourth-order valence-corrected chi connectivity index (χ4v) is 1.59. The smallest absolute Gasteiger partial charge is 0.307 e. The van der Waals surface area contributed by atoms with Crippen molar-refractivity contribution in [2.75, 3.05) is 5.32 Å². The van der Waals surface area contributed by atoms with Crippen molar-refractivity contribution >= 4 is 23.5 Å². The van der Waals surface area contributed by atoms with Gasteiger partial charge in [0.15, 0.2) is 0 Å². The first-order valence-electron chi connectivity index (χ1n) is 5.92. The molecule has 0 spiro atoms. The molecule has 1 aromatic rings. The number of benzene rings is 1. The predicted octanol–water partition coefficient (Wildman–Crippen LogP) is 1.29. The summed E-state index contributed by atoms with van der Waals surface area (Å²) in [7, 11) is 0. The summed E-state index contributed by atoms with van der Waals surface area (Å²) in [6.07, 6.45) is -0.708. The van der Waals surface area contributed by atoms with Crippen LogP contribution in [0.4, 0.5) is 5.69 Å². The van der Waals surface area contributed by atoms with Crippen LogP contribution in [0.2, 0.25) is 0 Å². The molecule has 0 aliphatic heterocycles. The summed E-state index contributed by atoms with van der Waals surface area (Å²) in [5.41, 5.74) is 0.426. The van der Waals surface area contributed by atoms with Crippen LogP contribution in [0, 0.1) is 5.92 Å². The number of phenols is 1. The lowest BCUT2D eigenvalue weighted by Crippen LogP contribution is -2.23. The molecule has 0 saturated heterocycles. The van der Waals surface area contributed by atoms with Crippen LogP contribution in [0.3, 0.4) is 0 Å². The Hall–Kier alpha value is -2.57. The van der Waals surface area contributed by atoms with Gasteiger partial charge in [0.25, 0.3) is 0 Å². The van der Waals surface area contributed by atoms with Gasteiger partial charge >= 0.3 is 11.9 Å². The van der Waals surface area contributed by atoms with E-state index in [1.54, 1.807) is 0 Å². The maximum Gasteiger partial charge on any atom is 0.307 e. The van der Waals surface area contributed by atoms with Crippen LogP contribution in [0.5, 0.6) is 5.75 Å². The third kappa shape index (κ3) is 5.38. The van der Waals surface area contributed by atoms with Crippen molar-refractivity contribution < 1.29 is 29.7 Å². The lowest BCUT2D eigenvalue weighted by Gasteiger charge is -2.11. The summed E-state index contributed by atoms with van der Waals surface area (Å²) in [6, 6.07) is 5.71. The zero-order valence-corrected chi connectivity index (χ0v) is 10.6. The van der Waals surface area contributed by atoms with Crippen molar-refractivity contribution in [2.24, 2.45) is 5.92 Å². The van der Waals surface area contributed by atoms with Gasteiger partial charge in [-0.15, -0.1) is 0 Å². The monoisotopic (exact) mass is 281 g/mol. The molecule has 7 nitrogen and oxygen atoms in total. The van der Waals surface area contributed by atoms with Crippen molar-refractivity contribution in [3.8, 4) is 5.75 Å². The zero-order chi connectivity index (χ0) is 15.1. The Bertz CT molecular complexity index is 496. The number of anilines is 1. The summed E-state index contributed by atoms with van der Waals surface area (Å²) >= 11 is 0. The van der Waals surface area contributed by atoms with Gasteiger partial charge in [-0.1, -0.05) is 0 Å². The first-order chi connectivity index (χ1) is 9.38. The van der Waals surface area contributed by atoms with E-state index in [1.807, 2.05) is 0 Å². The normalized spacial score (nSPS) is 11.6. The molecule has 108 valence electrons. The molecule has 1 atom stereocenters. The second-order valence-corrected chi connectivity index (χ2v) is 4.27. The second kappa shape index (κ2) is 7.13. The van der Waals surface area contributed by atoms with Crippen LogP contribution < -0.4 is 5.32 Å². The van der Waals surface area contributed by atoms with Crippen LogP contribution in [0.25, 0.3) is 0 Å². The molecule has 0 radical (unpaired) electrons. The lowest BCUT2D eigenvalue weighted by molar-refractivity contribution is -0.144. The number of hydrogen-bond donors (Lipinski definition) is 4. The SMILES string of the molecule is O=C(O)CCC(CC(=O)Nc1ccc(O)cc1)C(=O)O. The first-order valence-corrected chi connectivity index (χ1v) is 5.92. The van der Waals surface area contributed by atoms with E-state index in [2.05, 4.69) is 5.32 Å². The van der Waals surface area contributed by atoms with Gasteiger partial charge in [-0.3, -0.25) is 14.4 Å². The van der Waals surface area contributed by atoms with Crippen LogP contribution in [0.15, 0.2) is 24.3 Å². The Kier molecular flexibility index (Phi) is 5.52. The molecule has 1 rings (SSSR count). The van der Waals surface area contributed by atoms with E-state index in [1.165, 1.54) is 24.3 Å². The van der Waals surface area contributed by atoms with Gasteiger partial charge in [-0.2, -0.15) is 0 Å². The second-order valence-electron chi connectivity index (χ2n) is 4.27. The number of aliphatic carboxylic acids is 2. The zero-order valence-electron chi connectivity index (χ0n) is 10.6. The molecule has 0 saturated carbocycles. The predicted molar refractivity (Wildman–Crippen MR) is 69.3 cm³/mol. The molecule has 4 N–H and O–H groups in total. The van der Waals surface area contributed by atoms with E-state index in [0.29, 0.717) is 5.69 Å². The van der Waals surface area contributed by atoms with Gasteiger partial charge in [0.2, 0.25) is 5.91 Å². The third-order valence-corrected chi connectivity index (χ3v) is 2.64. The number of carboxylic acids is 2. The van der Waals surface area contributed by atoms with Gasteiger partial charge in [0, 0.05) is 18.5 Å². The van der Waals surface area contributed by atoms with Gasteiger partial charge in [0.1, 0.15) is 5.75 Å². The van der Waals surface area contributed by atoms with Gasteiger partial charge in [-0.05, 0) is 30.7 Å². The molecule has 1 amide bonds. The molecule has 1 aromatic carbocycles. The number of aromatic hydroxyl groups is 1. The van der Waals surface area contributed by atoms with E-state index in [0.717, 1.165) is 0 Å². The number of nitrogens with one attached hydrogen (secondary N) is 1. The van der Waals surface area contributed by atoms with Crippen molar-refractivity contribution in [3.63, 3.8) is 0 Å². The highest BCUT2D eigenvalue weighted by Crippen LogP contribution is 2.16. The quantitative estimate of drug-likeness (QED) is 0.558. The summed E-state index contributed by atoms with van der Waals surface area (Å²) in [6.45, 7) is 0. The topological polar surface area (TPSA) is 124 Å². The third-order valence-electron chi connectivity index (χ3n) is 2.64. The number of carbonyl (C=O) groups excluding carboxylic acids is 1. The maximum atomic E-state index is 11.7. The summed E-state index contributed by atoms with van der Waals surface area (Å²) in [5.74, 6) is -3.81. The number of carbonyl (C=O) groups is 3. The van der Waals surface area contributed by atoms with E-state index in [9.17, 15) is 14.4 Å². The molecule has 1 unspecified atom stereocenters. The summed E-state index contributed by atoms with van der Waals surface area (Å²) < 4.78 is 0. The average Bonchev–Trinajstić information content (AvgIpc) is 2.36. The molecule has 0 aromatic heterocycles. The Morgan fingerprint density at radius 3 is 2.20 bits per heavy atom. The van der Waals surface area contributed by atoms with Crippen molar-refractivity contribution in [1.29, 1.82) is 0 Å². The van der Waals surface area contributed by atoms with Crippen molar-refractivity contribution in [2.45, 2.75) is 19.3 Å². The minimum absolute atomic E-state index is 0.0490. The number of amides is 1. The molecule has 0 fully saturated rings. The van der Waals surface area contributed by atoms with Crippen molar-refractivity contribution in [1.82, 2.24) is 0 Å². The molecule has 0 heterocycles. The highest BCUT2D eigenvalue weighted by atomic mass is 16.4. The highest BCUT2D eigenvalue weighted by molar-refractivity contribution is 5.93. The number of phenolic OH excluding ortho intramolecular Hbond substituents is 1. The van der Waals surface area contributed by atoms with E-state index in [4.69, 9.17) is 15.3 Å². The standard InChI is InChI=1S/C13H15NO6/c15-10-4-2-9(3-5-10)14-11(16)7-8(13(19)20)1-6-12(17)18/h2-5,8,15H,1,6-7H2,(H,14,16)(H,17,18)(H,19,20). The molecule has 0 aliphatic carbocycles. The van der Waals surface area contributed by atoms with Crippen LogP contribution >= 0.6 is 0 Å². The number of rotatable bonds is 7. The Labute approximate surface area is 114 Å². The molecule has 7 heteroatoms. The van der Waals surface area contributed by atoms with Crippen LogP contribution in [0.1, 0.15) is 19.3 Å². The molecule has 20 heavy (non-hydrogen) atoms. The van der Waals surface area contributed by atoms with Crippen LogP contribution in [-0.4, -0.2) is 33.2 Å². The largest absolute Gasteiger partial charge is 0.508 e. The minimum atomic E-state index is -1.20. The van der Waals surface area contributed by atoms with Gasteiger partial charge in [0.05, 0.1) is 5.92 Å². The minimum Gasteiger partial charge on any atom is -0.508 e. The summed E-state index contributed by atoms with van der Waals surface area (Å²) in [4.78, 5) is 33.0. The Balaban J connectivity index is 2.55. The van der Waals surface area contributed by atoms with E-state index in [-0.39, 0.29) is 25.0 Å². The van der Waals surface area contributed by atoms with Crippen LogP contribution in [-0.2, 0) is 14.4 Å². The molecule has 0 bridgehead atoms. The van der Waals surface area contributed by atoms with E-state index >= 15 is 0 Å². The Morgan fingerprint density at radius 2 is 1.70 bits per heavy atom. The fourth-order valence-electron chi connectivity index (χ4n) is 1.59. The number of hydrogen-bond acceptors (Lipinski definition) is 4. The average molecular weight is 281 g/mol.